The van der Waals surface area contributed by atoms with Crippen molar-refractivity contribution >= 4 is 23.2 Å². The van der Waals surface area contributed by atoms with Gasteiger partial charge < -0.3 is 15.0 Å². The van der Waals surface area contributed by atoms with E-state index in [2.05, 4.69) is 5.32 Å². The molecule has 118 valence electrons. The molecule has 6 nitrogen and oxygen atoms in total. The first kappa shape index (κ1) is 15.8. The summed E-state index contributed by atoms with van der Waals surface area (Å²) in [6.07, 6.45) is -0.828. The summed E-state index contributed by atoms with van der Waals surface area (Å²) in [6.45, 7) is 0.823. The van der Waals surface area contributed by atoms with Crippen molar-refractivity contribution in [3.8, 4) is 0 Å². The van der Waals surface area contributed by atoms with Gasteiger partial charge in [0.1, 0.15) is 5.69 Å². The third kappa shape index (κ3) is 2.74. The maximum Gasteiger partial charge on any atom is 0.490 e. The second-order valence-electron chi connectivity index (χ2n) is 4.72. The Labute approximate surface area is 122 Å². The van der Waals surface area contributed by atoms with Crippen LogP contribution in [0.5, 0.6) is 0 Å². The Morgan fingerprint density at radius 1 is 1.36 bits per heavy atom. The number of ketones is 2. The van der Waals surface area contributed by atoms with Crippen LogP contribution in [0, 0.1) is 0 Å². The van der Waals surface area contributed by atoms with Crippen molar-refractivity contribution in [2.75, 3.05) is 6.54 Å². The molecule has 1 aromatic rings. The zero-order valence-electron chi connectivity index (χ0n) is 11.3. The number of allylic oxidation sites excluding steroid dienone is 1. The highest BCUT2D eigenvalue weighted by atomic mass is 19.4. The lowest BCUT2D eigenvalue weighted by Crippen LogP contribution is -2.29. The van der Waals surface area contributed by atoms with E-state index in [0.29, 0.717) is 5.69 Å². The van der Waals surface area contributed by atoms with E-state index in [4.69, 9.17) is 9.90 Å². The van der Waals surface area contributed by atoms with E-state index in [0.717, 1.165) is 29.8 Å². The topological polar surface area (TPSA) is 88.4 Å². The number of aryl methyl sites for hydroxylation is 1. The number of aliphatic carboxylic acids is 1. The molecular weight excluding hydrogens is 305 g/mol. The lowest BCUT2D eigenvalue weighted by Gasteiger charge is -2.21. The van der Waals surface area contributed by atoms with Crippen LogP contribution in [0.1, 0.15) is 21.6 Å². The van der Waals surface area contributed by atoms with Gasteiger partial charge in [0.05, 0.1) is 0 Å². The lowest BCUT2D eigenvalue weighted by atomic mass is 9.93. The molecule has 0 spiro atoms. The average Bonchev–Trinajstić information content (AvgIpc) is 2.73. The molecule has 0 aromatic carbocycles. The fraction of sp³-hybridized carbons (Fsp3) is 0.308. The zero-order chi connectivity index (χ0) is 16.7. The van der Waals surface area contributed by atoms with E-state index in [1.807, 2.05) is 13.2 Å². The van der Waals surface area contributed by atoms with Gasteiger partial charge in [-0.2, -0.15) is 13.2 Å². The van der Waals surface area contributed by atoms with Crippen molar-refractivity contribution in [3.63, 3.8) is 0 Å². The number of carbonyl (C=O) groups is 3. The van der Waals surface area contributed by atoms with Crippen molar-refractivity contribution in [3.05, 3.63) is 29.1 Å². The Kier molecular flexibility index (Phi) is 3.82. The van der Waals surface area contributed by atoms with Gasteiger partial charge in [0.15, 0.2) is 0 Å². The molecule has 1 aromatic heterocycles. The number of aromatic nitrogens is 1. The molecule has 2 N–H and O–H groups in total. The fourth-order valence-corrected chi connectivity index (χ4v) is 2.31. The number of Topliss-reactive ketones (excluding diaryl/α,β-unsaturated/α-hetero) is 1. The predicted octanol–water partition coefficient (Wildman–Crippen LogP) is 0.910. The molecule has 1 aliphatic heterocycles. The predicted molar refractivity (Wildman–Crippen MR) is 68.1 cm³/mol. The summed E-state index contributed by atoms with van der Waals surface area (Å²) >= 11 is 0. The molecular formula is C13H11F3N2O4. The number of nitrogens with zero attached hydrogens (tertiary/aromatic N) is 1. The summed E-state index contributed by atoms with van der Waals surface area (Å²) in [5.41, 5.74) is 3.41. The largest absolute Gasteiger partial charge is 0.490 e. The van der Waals surface area contributed by atoms with Crippen LogP contribution in [0.25, 0.3) is 5.70 Å². The maximum atomic E-state index is 11.7. The van der Waals surface area contributed by atoms with Crippen molar-refractivity contribution in [1.29, 1.82) is 0 Å². The van der Waals surface area contributed by atoms with Crippen LogP contribution < -0.4 is 5.32 Å². The quantitative estimate of drug-likeness (QED) is 0.695. The summed E-state index contributed by atoms with van der Waals surface area (Å²) in [5, 5.41) is 10.3. The zero-order valence-corrected chi connectivity index (χ0v) is 11.3. The van der Waals surface area contributed by atoms with Gasteiger partial charge in [-0.15, -0.1) is 0 Å². The molecule has 22 heavy (non-hydrogen) atoms. The SMILES string of the molecule is Cn1cc2c3c1C(=O)C(=O)C=C3NCC2.O=C(O)C(F)(F)F. The number of hydrogen-bond acceptors (Lipinski definition) is 4. The third-order valence-electron chi connectivity index (χ3n) is 3.20. The fourth-order valence-electron chi connectivity index (χ4n) is 2.31. The van der Waals surface area contributed by atoms with Gasteiger partial charge in [-0.05, 0) is 12.0 Å². The summed E-state index contributed by atoms with van der Waals surface area (Å²) in [5.74, 6) is -3.58. The monoisotopic (exact) mass is 316 g/mol. The second kappa shape index (κ2) is 5.32. The first-order valence-electron chi connectivity index (χ1n) is 6.16. The molecule has 1 aliphatic carbocycles. The van der Waals surface area contributed by atoms with Crippen LogP contribution in [-0.4, -0.2) is 39.9 Å². The maximum absolute atomic E-state index is 11.7. The molecule has 9 heteroatoms. The first-order valence-corrected chi connectivity index (χ1v) is 6.16. The lowest BCUT2D eigenvalue weighted by molar-refractivity contribution is -0.192. The molecule has 0 bridgehead atoms. The highest BCUT2D eigenvalue weighted by Gasteiger charge is 2.38. The van der Waals surface area contributed by atoms with E-state index in [-0.39, 0.29) is 0 Å². The molecule has 0 saturated carbocycles. The van der Waals surface area contributed by atoms with E-state index in [1.165, 1.54) is 6.08 Å². The second-order valence-corrected chi connectivity index (χ2v) is 4.72. The minimum atomic E-state index is -5.08. The normalized spacial score (nSPS) is 16.1. The van der Waals surface area contributed by atoms with Gasteiger partial charge in [-0.3, -0.25) is 9.59 Å². The minimum absolute atomic E-state index is 0.397. The Balaban J connectivity index is 0.000000217. The molecule has 0 saturated heterocycles. The van der Waals surface area contributed by atoms with Crippen LogP contribution >= 0.6 is 0 Å². The van der Waals surface area contributed by atoms with Crippen LogP contribution in [0.15, 0.2) is 12.3 Å². The smallest absolute Gasteiger partial charge is 0.475 e. The number of rotatable bonds is 0. The number of halogens is 3. The standard InChI is InChI=1S/C11H10N2O2.C2HF3O2/c1-13-5-6-2-3-12-7-4-8(14)11(15)10(13)9(6)7;3-2(4,5)1(6)7/h4-5,12H,2-3H2,1H3;(H,6,7). The minimum Gasteiger partial charge on any atom is -0.475 e. The molecule has 0 amide bonds. The van der Waals surface area contributed by atoms with Crippen molar-refractivity contribution in [2.24, 2.45) is 7.05 Å². The highest BCUT2D eigenvalue weighted by molar-refractivity contribution is 6.50. The molecule has 0 atom stereocenters. The van der Waals surface area contributed by atoms with E-state index in [9.17, 15) is 22.8 Å². The van der Waals surface area contributed by atoms with Gasteiger partial charge in [0, 0.05) is 37.1 Å². The highest BCUT2D eigenvalue weighted by Crippen LogP contribution is 2.30. The Bertz CT molecular complexity index is 701. The Morgan fingerprint density at radius 3 is 2.50 bits per heavy atom. The molecule has 3 rings (SSSR count). The van der Waals surface area contributed by atoms with E-state index < -0.39 is 23.7 Å². The number of alkyl halides is 3. The molecule has 0 radical (unpaired) electrons. The molecule has 2 heterocycles. The Morgan fingerprint density at radius 2 is 1.95 bits per heavy atom. The van der Waals surface area contributed by atoms with Gasteiger partial charge in [-0.1, -0.05) is 0 Å². The first-order chi connectivity index (χ1) is 10.1. The molecule has 2 aliphatic rings. The summed E-state index contributed by atoms with van der Waals surface area (Å²) < 4.78 is 33.5. The third-order valence-corrected chi connectivity index (χ3v) is 3.20. The van der Waals surface area contributed by atoms with Crippen LogP contribution in [0.3, 0.4) is 0 Å². The number of carboxylic acids is 1. The number of nitrogens with one attached hydrogen (secondary N) is 1. The van der Waals surface area contributed by atoms with Gasteiger partial charge >= 0.3 is 12.1 Å². The van der Waals surface area contributed by atoms with Gasteiger partial charge in [0.25, 0.3) is 0 Å². The summed E-state index contributed by atoms with van der Waals surface area (Å²) in [7, 11) is 1.81. The van der Waals surface area contributed by atoms with Crippen LogP contribution in [-0.2, 0) is 23.1 Å². The summed E-state index contributed by atoms with van der Waals surface area (Å²) in [6, 6.07) is 0. The van der Waals surface area contributed by atoms with Crippen molar-refractivity contribution in [1.82, 2.24) is 9.88 Å². The number of carboxylic acid groups (broad SMARTS) is 1. The van der Waals surface area contributed by atoms with E-state index in [1.54, 1.807) is 4.57 Å². The van der Waals surface area contributed by atoms with E-state index >= 15 is 0 Å². The van der Waals surface area contributed by atoms with Gasteiger partial charge in [-0.25, -0.2) is 4.79 Å². The molecule has 0 fully saturated rings. The van der Waals surface area contributed by atoms with Crippen LogP contribution in [0.4, 0.5) is 13.2 Å². The molecule has 0 unspecified atom stereocenters. The Hall–Kier alpha value is -2.58. The van der Waals surface area contributed by atoms with Crippen LogP contribution in [0.2, 0.25) is 0 Å². The van der Waals surface area contributed by atoms with Crippen molar-refractivity contribution in [2.45, 2.75) is 12.6 Å². The average molecular weight is 316 g/mol. The number of carbonyl (C=O) groups excluding carboxylic acids is 2. The van der Waals surface area contributed by atoms with Crippen molar-refractivity contribution < 1.29 is 32.7 Å². The number of hydrogen-bond donors (Lipinski definition) is 2. The van der Waals surface area contributed by atoms with Gasteiger partial charge in [0.2, 0.25) is 11.6 Å². The summed E-state index contributed by atoms with van der Waals surface area (Å²) in [4.78, 5) is 32.0.